The molecule has 0 spiro atoms. The molecule has 1 heterocycles. The van der Waals surface area contributed by atoms with Crippen molar-refractivity contribution in [2.24, 2.45) is 0 Å². The van der Waals surface area contributed by atoms with Crippen LogP contribution in [0.3, 0.4) is 0 Å². The largest absolute Gasteiger partial charge is 0.465 e. The second-order valence-corrected chi connectivity index (χ2v) is 4.02. The number of carboxylic acid groups (broad SMARTS) is 1. The first-order valence-electron chi connectivity index (χ1n) is 5.93. The molecule has 2 amide bonds. The van der Waals surface area contributed by atoms with Gasteiger partial charge in [-0.25, -0.2) is 9.78 Å². The van der Waals surface area contributed by atoms with Gasteiger partial charge >= 0.3 is 6.09 Å². The topological polar surface area (TPSA) is 91.3 Å². The molecule has 2 aromatic rings. The lowest BCUT2D eigenvalue weighted by Gasteiger charge is -2.05. The van der Waals surface area contributed by atoms with Crippen molar-refractivity contribution >= 4 is 17.8 Å². The molecule has 1 aromatic heterocycles. The van der Waals surface area contributed by atoms with E-state index in [1.165, 1.54) is 0 Å². The van der Waals surface area contributed by atoms with E-state index in [4.69, 9.17) is 5.11 Å². The number of nitrogens with one attached hydrogen (secondary N) is 2. The molecule has 2 rings (SSSR count). The summed E-state index contributed by atoms with van der Waals surface area (Å²) in [6.45, 7) is 0.206. The van der Waals surface area contributed by atoms with Crippen LogP contribution in [-0.2, 0) is 6.54 Å². The molecule has 0 unspecified atom stereocenters. The number of benzene rings is 1. The highest BCUT2D eigenvalue weighted by atomic mass is 16.4. The molecule has 6 heteroatoms. The van der Waals surface area contributed by atoms with Crippen molar-refractivity contribution in [3.8, 4) is 0 Å². The molecule has 0 radical (unpaired) electrons. The van der Waals surface area contributed by atoms with Gasteiger partial charge in [-0.1, -0.05) is 18.2 Å². The van der Waals surface area contributed by atoms with Gasteiger partial charge in [0, 0.05) is 18.3 Å². The van der Waals surface area contributed by atoms with Crippen LogP contribution in [0.5, 0.6) is 0 Å². The average Bonchev–Trinajstić information content (AvgIpc) is 2.46. The Balaban J connectivity index is 1.99. The maximum Gasteiger partial charge on any atom is 0.404 e. The Bertz CT molecular complexity index is 597. The lowest BCUT2D eigenvalue weighted by atomic mass is 10.1. The quantitative estimate of drug-likeness (QED) is 0.794. The molecular weight excluding hydrogens is 258 g/mol. The predicted octanol–water partition coefficient (Wildman–Crippen LogP) is 2.10. The molecule has 6 nitrogen and oxygen atoms in total. The highest BCUT2D eigenvalue weighted by Crippen LogP contribution is 2.08. The lowest BCUT2D eigenvalue weighted by Crippen LogP contribution is -2.20. The fourth-order valence-corrected chi connectivity index (χ4v) is 1.58. The number of carbonyl (C=O) groups is 2. The zero-order valence-electron chi connectivity index (χ0n) is 10.5. The van der Waals surface area contributed by atoms with Crippen LogP contribution >= 0.6 is 0 Å². The van der Waals surface area contributed by atoms with E-state index in [1.54, 1.807) is 48.7 Å². The number of anilines is 1. The molecule has 3 N–H and O–H groups in total. The summed E-state index contributed by atoms with van der Waals surface area (Å²) >= 11 is 0. The van der Waals surface area contributed by atoms with Gasteiger partial charge in [0.2, 0.25) is 0 Å². The van der Waals surface area contributed by atoms with E-state index in [9.17, 15) is 9.59 Å². The SMILES string of the molecule is O=C(O)NCc1ccc(C(=O)Nc2ccccn2)cc1. The summed E-state index contributed by atoms with van der Waals surface area (Å²) in [5, 5.41) is 13.4. The summed E-state index contributed by atoms with van der Waals surface area (Å²) in [7, 11) is 0. The second kappa shape index (κ2) is 6.33. The molecule has 0 fully saturated rings. The van der Waals surface area contributed by atoms with E-state index >= 15 is 0 Å². The number of carbonyl (C=O) groups excluding carboxylic acids is 1. The van der Waals surface area contributed by atoms with Gasteiger partial charge in [-0.2, -0.15) is 0 Å². The number of rotatable bonds is 4. The summed E-state index contributed by atoms with van der Waals surface area (Å²) in [6.07, 6.45) is 0.512. The van der Waals surface area contributed by atoms with Crippen LogP contribution in [0.1, 0.15) is 15.9 Å². The number of aromatic nitrogens is 1. The predicted molar refractivity (Wildman–Crippen MR) is 73.5 cm³/mol. The summed E-state index contributed by atoms with van der Waals surface area (Å²) in [4.78, 5) is 26.3. The molecule has 1 aromatic carbocycles. The van der Waals surface area contributed by atoms with Crippen molar-refractivity contribution < 1.29 is 14.7 Å². The van der Waals surface area contributed by atoms with Gasteiger partial charge < -0.3 is 15.7 Å². The zero-order chi connectivity index (χ0) is 14.4. The van der Waals surface area contributed by atoms with Crippen LogP contribution in [0.25, 0.3) is 0 Å². The molecule has 0 atom stereocenters. The summed E-state index contributed by atoms with van der Waals surface area (Å²) in [6, 6.07) is 11.9. The lowest BCUT2D eigenvalue weighted by molar-refractivity contribution is 0.102. The van der Waals surface area contributed by atoms with Crippen molar-refractivity contribution in [3.63, 3.8) is 0 Å². The fraction of sp³-hybridized carbons (Fsp3) is 0.0714. The standard InChI is InChI=1S/C14H13N3O3/c18-13(17-12-3-1-2-8-15-12)11-6-4-10(5-7-11)9-16-14(19)20/h1-8,16H,9H2,(H,19,20)(H,15,17,18). The Morgan fingerprint density at radius 3 is 2.45 bits per heavy atom. The zero-order valence-corrected chi connectivity index (χ0v) is 10.5. The molecule has 0 saturated heterocycles. The summed E-state index contributed by atoms with van der Waals surface area (Å²) in [5.41, 5.74) is 1.26. The monoisotopic (exact) mass is 271 g/mol. The van der Waals surface area contributed by atoms with Crippen molar-refractivity contribution in [2.75, 3.05) is 5.32 Å². The molecule has 102 valence electrons. The van der Waals surface area contributed by atoms with Crippen molar-refractivity contribution in [1.29, 1.82) is 0 Å². The van der Waals surface area contributed by atoms with Crippen LogP contribution in [0, 0.1) is 0 Å². The Morgan fingerprint density at radius 1 is 1.10 bits per heavy atom. The summed E-state index contributed by atoms with van der Waals surface area (Å²) < 4.78 is 0. The van der Waals surface area contributed by atoms with E-state index in [0.29, 0.717) is 11.4 Å². The Hall–Kier alpha value is -2.89. The van der Waals surface area contributed by atoms with Crippen molar-refractivity contribution in [2.45, 2.75) is 6.54 Å². The smallest absolute Gasteiger partial charge is 0.404 e. The normalized spacial score (nSPS) is 9.80. The number of pyridine rings is 1. The minimum Gasteiger partial charge on any atom is -0.465 e. The first-order valence-corrected chi connectivity index (χ1v) is 5.93. The van der Waals surface area contributed by atoms with Gasteiger partial charge in [0.25, 0.3) is 5.91 Å². The fourth-order valence-electron chi connectivity index (χ4n) is 1.58. The molecule has 20 heavy (non-hydrogen) atoms. The van der Waals surface area contributed by atoms with Gasteiger partial charge in [-0.3, -0.25) is 4.79 Å². The third kappa shape index (κ3) is 3.81. The molecule has 0 aliphatic heterocycles. The number of hydrogen-bond donors (Lipinski definition) is 3. The van der Waals surface area contributed by atoms with Crippen LogP contribution < -0.4 is 10.6 Å². The third-order valence-electron chi connectivity index (χ3n) is 2.57. The highest BCUT2D eigenvalue weighted by molar-refractivity contribution is 6.03. The van der Waals surface area contributed by atoms with Crippen LogP contribution in [-0.4, -0.2) is 22.1 Å². The van der Waals surface area contributed by atoms with Gasteiger partial charge in [-0.05, 0) is 29.8 Å². The maximum atomic E-state index is 11.9. The van der Waals surface area contributed by atoms with Gasteiger partial charge in [0.05, 0.1) is 0 Å². The van der Waals surface area contributed by atoms with Crippen LogP contribution in [0.15, 0.2) is 48.7 Å². The minimum atomic E-state index is -1.08. The number of nitrogens with zero attached hydrogens (tertiary/aromatic N) is 1. The molecular formula is C14H13N3O3. The van der Waals surface area contributed by atoms with E-state index in [0.717, 1.165) is 5.56 Å². The van der Waals surface area contributed by atoms with Gasteiger partial charge in [0.15, 0.2) is 0 Å². The number of amides is 2. The molecule has 0 saturated carbocycles. The second-order valence-electron chi connectivity index (χ2n) is 4.02. The maximum absolute atomic E-state index is 11.9. The van der Waals surface area contributed by atoms with Crippen LogP contribution in [0.4, 0.5) is 10.6 Å². The molecule has 0 aliphatic carbocycles. The van der Waals surface area contributed by atoms with Crippen molar-refractivity contribution in [1.82, 2.24) is 10.3 Å². The van der Waals surface area contributed by atoms with Crippen LogP contribution in [0.2, 0.25) is 0 Å². The minimum absolute atomic E-state index is 0.206. The van der Waals surface area contributed by atoms with Gasteiger partial charge in [0.1, 0.15) is 5.82 Å². The molecule has 0 bridgehead atoms. The van der Waals surface area contributed by atoms with E-state index in [1.807, 2.05) is 0 Å². The summed E-state index contributed by atoms with van der Waals surface area (Å²) in [5.74, 6) is 0.218. The Labute approximate surface area is 115 Å². The highest BCUT2D eigenvalue weighted by Gasteiger charge is 2.06. The first-order chi connectivity index (χ1) is 9.65. The third-order valence-corrected chi connectivity index (χ3v) is 2.57. The van der Waals surface area contributed by atoms with Crippen molar-refractivity contribution in [3.05, 3.63) is 59.8 Å². The van der Waals surface area contributed by atoms with E-state index in [2.05, 4.69) is 15.6 Å². The first kappa shape index (κ1) is 13.5. The Morgan fingerprint density at radius 2 is 1.85 bits per heavy atom. The average molecular weight is 271 g/mol. The molecule has 0 aliphatic rings. The number of hydrogen-bond acceptors (Lipinski definition) is 3. The van der Waals surface area contributed by atoms with E-state index in [-0.39, 0.29) is 12.5 Å². The van der Waals surface area contributed by atoms with E-state index < -0.39 is 6.09 Å². The Kier molecular flexibility index (Phi) is 4.28. The van der Waals surface area contributed by atoms with Gasteiger partial charge in [-0.15, -0.1) is 0 Å².